The lowest BCUT2D eigenvalue weighted by atomic mass is 10.2. The minimum atomic E-state index is 0.540. The summed E-state index contributed by atoms with van der Waals surface area (Å²) in [5.41, 5.74) is 6.54. The molecule has 0 aromatic heterocycles. The molecule has 1 nitrogen and oxygen atoms in total. The number of allylic oxidation sites excluding steroid dienone is 2. The maximum atomic E-state index is 5.60. The van der Waals surface area contributed by atoms with Crippen molar-refractivity contribution in [3.8, 4) is 0 Å². The second kappa shape index (κ2) is 6.94. The summed E-state index contributed by atoms with van der Waals surface area (Å²) in [5, 5.41) is 0. The first-order chi connectivity index (χ1) is 4.81. The van der Waals surface area contributed by atoms with E-state index >= 15 is 0 Å². The van der Waals surface area contributed by atoms with Gasteiger partial charge in [0, 0.05) is 11.6 Å². The predicted octanol–water partition coefficient (Wildman–Crippen LogP) is 2.65. The van der Waals surface area contributed by atoms with Crippen LogP contribution in [-0.2, 0) is 0 Å². The molecule has 0 fully saturated rings. The molecule has 0 saturated carbocycles. The summed E-state index contributed by atoms with van der Waals surface area (Å²) in [7, 11) is 0. The summed E-state index contributed by atoms with van der Waals surface area (Å²) in [5.74, 6) is 0.540. The van der Waals surface area contributed by atoms with Gasteiger partial charge in [0.15, 0.2) is 0 Å². The summed E-state index contributed by atoms with van der Waals surface area (Å²) in [6, 6.07) is 0. The second-order valence-corrected chi connectivity index (χ2v) is 2.70. The molecule has 0 aromatic rings. The summed E-state index contributed by atoms with van der Waals surface area (Å²) in [6.45, 7) is 2.18. The minimum absolute atomic E-state index is 0.540. The number of unbranched alkanes of at least 4 members (excludes halogenated alkanes) is 2. The van der Waals surface area contributed by atoms with Crippen LogP contribution in [0.5, 0.6) is 0 Å². The number of nitrogens with two attached hydrogens (primary N) is 1. The van der Waals surface area contributed by atoms with Gasteiger partial charge in [-0.3, -0.25) is 0 Å². The van der Waals surface area contributed by atoms with Gasteiger partial charge in [0.2, 0.25) is 0 Å². The zero-order valence-corrected chi connectivity index (χ0v) is 7.32. The average molecular weight is 162 g/mol. The van der Waals surface area contributed by atoms with Crippen LogP contribution >= 0.6 is 11.6 Å². The Morgan fingerprint density at radius 1 is 1.50 bits per heavy atom. The van der Waals surface area contributed by atoms with Crippen molar-refractivity contribution in [1.82, 2.24) is 0 Å². The molecule has 0 rings (SSSR count). The SMILES string of the molecule is CCCCCC(N)=CCCl. The highest BCUT2D eigenvalue weighted by atomic mass is 35.5. The van der Waals surface area contributed by atoms with Crippen LogP contribution in [0.25, 0.3) is 0 Å². The molecule has 0 radical (unpaired) electrons. The van der Waals surface area contributed by atoms with E-state index in [9.17, 15) is 0 Å². The Morgan fingerprint density at radius 2 is 2.20 bits per heavy atom. The molecule has 2 N–H and O–H groups in total. The predicted molar refractivity (Wildman–Crippen MR) is 47.1 cm³/mol. The summed E-state index contributed by atoms with van der Waals surface area (Å²) in [6.07, 6.45) is 6.57. The van der Waals surface area contributed by atoms with E-state index in [2.05, 4.69) is 6.92 Å². The van der Waals surface area contributed by atoms with Crippen molar-refractivity contribution >= 4 is 11.6 Å². The Kier molecular flexibility index (Phi) is 6.83. The fourth-order valence-corrected chi connectivity index (χ4v) is 0.978. The van der Waals surface area contributed by atoms with Crippen LogP contribution in [-0.4, -0.2) is 5.88 Å². The Hall–Kier alpha value is -0.170. The zero-order valence-electron chi connectivity index (χ0n) is 6.57. The normalized spacial score (nSPS) is 12.0. The summed E-state index contributed by atoms with van der Waals surface area (Å²) < 4.78 is 0. The molecule has 0 aliphatic rings. The molecular formula is C8H16ClN. The van der Waals surface area contributed by atoms with E-state index < -0.39 is 0 Å². The third-order valence-electron chi connectivity index (χ3n) is 1.41. The first kappa shape index (κ1) is 9.83. The van der Waals surface area contributed by atoms with E-state index in [0.29, 0.717) is 5.88 Å². The van der Waals surface area contributed by atoms with Crippen molar-refractivity contribution < 1.29 is 0 Å². The average Bonchev–Trinajstić information content (AvgIpc) is 1.89. The van der Waals surface area contributed by atoms with Gasteiger partial charge in [-0.1, -0.05) is 25.8 Å². The monoisotopic (exact) mass is 161 g/mol. The molecule has 10 heavy (non-hydrogen) atoms. The van der Waals surface area contributed by atoms with Crippen LogP contribution < -0.4 is 5.73 Å². The summed E-state index contributed by atoms with van der Waals surface area (Å²) in [4.78, 5) is 0. The smallest absolute Gasteiger partial charge is 0.0423 e. The first-order valence-corrected chi connectivity index (χ1v) is 4.35. The number of halogens is 1. The van der Waals surface area contributed by atoms with Crippen molar-refractivity contribution in [2.24, 2.45) is 5.73 Å². The van der Waals surface area contributed by atoms with Crippen LogP contribution in [0.4, 0.5) is 0 Å². The van der Waals surface area contributed by atoms with Gasteiger partial charge in [-0.05, 0) is 12.8 Å². The fraction of sp³-hybridized carbons (Fsp3) is 0.750. The standard InChI is InChI=1S/C8H16ClN/c1-2-3-4-5-8(10)6-7-9/h6H,2-5,7,10H2,1H3. The fourth-order valence-electron chi connectivity index (χ4n) is 0.780. The number of hydrogen-bond donors (Lipinski definition) is 1. The summed E-state index contributed by atoms with van der Waals surface area (Å²) >= 11 is 5.45. The Labute approximate surface area is 68.2 Å². The molecule has 60 valence electrons. The molecule has 0 spiro atoms. The number of rotatable bonds is 5. The number of alkyl halides is 1. The molecule has 0 atom stereocenters. The molecule has 0 unspecified atom stereocenters. The molecule has 0 amide bonds. The Bertz CT molecular complexity index is 99.4. The van der Waals surface area contributed by atoms with Crippen LogP contribution in [0.1, 0.15) is 32.6 Å². The van der Waals surface area contributed by atoms with E-state index in [1.54, 1.807) is 0 Å². The topological polar surface area (TPSA) is 26.0 Å². The van der Waals surface area contributed by atoms with Gasteiger partial charge in [-0.25, -0.2) is 0 Å². The van der Waals surface area contributed by atoms with Gasteiger partial charge in [-0.2, -0.15) is 0 Å². The molecule has 0 saturated heterocycles. The lowest BCUT2D eigenvalue weighted by Crippen LogP contribution is -1.96. The van der Waals surface area contributed by atoms with Gasteiger partial charge in [0.1, 0.15) is 0 Å². The van der Waals surface area contributed by atoms with Crippen LogP contribution in [0.15, 0.2) is 11.8 Å². The van der Waals surface area contributed by atoms with Crippen molar-refractivity contribution in [2.75, 3.05) is 5.88 Å². The van der Waals surface area contributed by atoms with Crippen molar-refractivity contribution in [2.45, 2.75) is 32.6 Å². The second-order valence-electron chi connectivity index (χ2n) is 2.39. The zero-order chi connectivity index (χ0) is 7.82. The molecule has 0 bridgehead atoms. The van der Waals surface area contributed by atoms with E-state index in [4.69, 9.17) is 17.3 Å². The van der Waals surface area contributed by atoms with Crippen molar-refractivity contribution in [3.05, 3.63) is 11.8 Å². The van der Waals surface area contributed by atoms with Gasteiger partial charge < -0.3 is 5.73 Å². The Morgan fingerprint density at radius 3 is 2.70 bits per heavy atom. The van der Waals surface area contributed by atoms with Crippen LogP contribution in [0.3, 0.4) is 0 Å². The van der Waals surface area contributed by atoms with Crippen LogP contribution in [0.2, 0.25) is 0 Å². The molecule has 0 heterocycles. The van der Waals surface area contributed by atoms with E-state index in [1.165, 1.54) is 19.3 Å². The van der Waals surface area contributed by atoms with Gasteiger partial charge in [0.25, 0.3) is 0 Å². The van der Waals surface area contributed by atoms with E-state index in [-0.39, 0.29) is 0 Å². The highest BCUT2D eigenvalue weighted by Gasteiger charge is 1.88. The molecule has 2 heteroatoms. The van der Waals surface area contributed by atoms with Crippen molar-refractivity contribution in [3.63, 3.8) is 0 Å². The third kappa shape index (κ3) is 5.96. The Balaban J connectivity index is 3.21. The van der Waals surface area contributed by atoms with E-state index in [1.807, 2.05) is 6.08 Å². The highest BCUT2D eigenvalue weighted by Crippen LogP contribution is 2.03. The van der Waals surface area contributed by atoms with Gasteiger partial charge in [0.05, 0.1) is 0 Å². The van der Waals surface area contributed by atoms with Crippen LogP contribution in [0, 0.1) is 0 Å². The third-order valence-corrected chi connectivity index (χ3v) is 1.56. The van der Waals surface area contributed by atoms with Crippen molar-refractivity contribution in [1.29, 1.82) is 0 Å². The lowest BCUT2D eigenvalue weighted by Gasteiger charge is -1.98. The lowest BCUT2D eigenvalue weighted by molar-refractivity contribution is 0.709. The van der Waals surface area contributed by atoms with E-state index in [0.717, 1.165) is 12.1 Å². The van der Waals surface area contributed by atoms with Gasteiger partial charge in [-0.15, -0.1) is 11.6 Å². The molecule has 0 aliphatic heterocycles. The molecular weight excluding hydrogens is 146 g/mol. The molecule has 0 aliphatic carbocycles. The van der Waals surface area contributed by atoms with Gasteiger partial charge >= 0.3 is 0 Å². The maximum Gasteiger partial charge on any atom is 0.0423 e. The quantitative estimate of drug-likeness (QED) is 0.487. The first-order valence-electron chi connectivity index (χ1n) is 3.81. The largest absolute Gasteiger partial charge is 0.402 e. The number of hydrogen-bond acceptors (Lipinski definition) is 1. The highest BCUT2D eigenvalue weighted by molar-refractivity contribution is 6.18. The molecule has 0 aromatic carbocycles. The minimum Gasteiger partial charge on any atom is -0.402 e. The maximum absolute atomic E-state index is 5.60.